The summed E-state index contributed by atoms with van der Waals surface area (Å²) in [5.41, 5.74) is 1.58. The fourth-order valence-electron chi connectivity index (χ4n) is 6.35. The highest BCUT2D eigenvalue weighted by Crippen LogP contribution is 2.39. The number of carbonyl (C=O) groups is 2. The Hall–Kier alpha value is -1.89. The molecule has 29 heavy (non-hydrogen) atoms. The first-order chi connectivity index (χ1) is 14.0. The van der Waals surface area contributed by atoms with Crippen LogP contribution in [0.5, 0.6) is 0 Å². The van der Waals surface area contributed by atoms with Crippen molar-refractivity contribution in [2.75, 3.05) is 32.7 Å². The molecule has 0 radical (unpaired) electrons. The summed E-state index contributed by atoms with van der Waals surface area (Å²) in [5.74, 6) is 1.77. The molecule has 0 N–H and O–H groups in total. The quantitative estimate of drug-likeness (QED) is 0.759. The summed E-state index contributed by atoms with van der Waals surface area (Å²) in [5, 5.41) is 4.32. The number of hydrogen-bond donors (Lipinski definition) is 0. The number of rotatable bonds is 2. The third-order valence-corrected chi connectivity index (χ3v) is 7.70. The van der Waals surface area contributed by atoms with Gasteiger partial charge < -0.3 is 9.80 Å². The van der Waals surface area contributed by atoms with Gasteiger partial charge in [0.25, 0.3) is 5.91 Å². The highest BCUT2D eigenvalue weighted by Gasteiger charge is 2.45. The van der Waals surface area contributed by atoms with Crippen molar-refractivity contribution < 1.29 is 9.59 Å². The van der Waals surface area contributed by atoms with Crippen molar-refractivity contribution >= 4 is 11.8 Å². The van der Waals surface area contributed by atoms with E-state index in [0.29, 0.717) is 35.5 Å². The molecule has 5 rings (SSSR count). The van der Waals surface area contributed by atoms with E-state index in [9.17, 15) is 9.59 Å². The number of aromatic nitrogens is 2. The Morgan fingerprint density at radius 1 is 1.14 bits per heavy atom. The summed E-state index contributed by atoms with van der Waals surface area (Å²) in [6.45, 7) is 6.79. The van der Waals surface area contributed by atoms with Gasteiger partial charge >= 0.3 is 0 Å². The minimum Gasteiger partial charge on any atom is -0.339 e. The normalized spacial score (nSPS) is 31.1. The molecule has 7 nitrogen and oxygen atoms in total. The average Bonchev–Trinajstić information content (AvgIpc) is 3.06. The van der Waals surface area contributed by atoms with Crippen LogP contribution in [0.15, 0.2) is 6.07 Å². The Morgan fingerprint density at radius 2 is 1.93 bits per heavy atom. The summed E-state index contributed by atoms with van der Waals surface area (Å²) >= 11 is 0. The van der Waals surface area contributed by atoms with Gasteiger partial charge in [0.05, 0.1) is 5.69 Å². The van der Waals surface area contributed by atoms with Gasteiger partial charge in [0, 0.05) is 58.3 Å². The van der Waals surface area contributed by atoms with Gasteiger partial charge in [0.15, 0.2) is 0 Å². The maximum Gasteiger partial charge on any atom is 0.272 e. The average molecular weight is 400 g/mol. The van der Waals surface area contributed by atoms with Crippen LogP contribution in [0.3, 0.4) is 0 Å². The fourth-order valence-corrected chi connectivity index (χ4v) is 6.35. The zero-order chi connectivity index (χ0) is 20.1. The topological polar surface area (TPSA) is 61.7 Å². The van der Waals surface area contributed by atoms with Crippen molar-refractivity contribution in [1.82, 2.24) is 24.5 Å². The lowest BCUT2D eigenvalue weighted by atomic mass is 9.75. The minimum absolute atomic E-state index is 0.110. The van der Waals surface area contributed by atoms with Crippen molar-refractivity contribution in [3.05, 3.63) is 17.5 Å². The molecule has 1 aromatic heterocycles. The van der Waals surface area contributed by atoms with Crippen LogP contribution in [0.1, 0.15) is 54.7 Å². The molecule has 0 spiro atoms. The van der Waals surface area contributed by atoms with Crippen LogP contribution in [0.4, 0.5) is 0 Å². The molecule has 5 heterocycles. The maximum atomic E-state index is 12.9. The van der Waals surface area contributed by atoms with Gasteiger partial charge in [-0.05, 0) is 56.9 Å². The number of hydrogen-bond acceptors (Lipinski definition) is 4. The lowest BCUT2D eigenvalue weighted by Gasteiger charge is -2.54. The molecule has 4 aliphatic rings. The number of carbonyl (C=O) groups excluding carboxylic acids is 2. The number of likely N-dealkylation sites (tertiary alicyclic amines) is 2. The van der Waals surface area contributed by atoms with E-state index in [1.54, 1.807) is 4.68 Å². The highest BCUT2D eigenvalue weighted by atomic mass is 16.2. The van der Waals surface area contributed by atoms with Gasteiger partial charge in [-0.1, -0.05) is 0 Å². The molecule has 3 atom stereocenters. The van der Waals surface area contributed by atoms with E-state index in [1.807, 2.05) is 24.9 Å². The summed E-state index contributed by atoms with van der Waals surface area (Å²) < 4.78 is 1.70. The number of aryl methyl sites for hydroxylation is 2. The summed E-state index contributed by atoms with van der Waals surface area (Å²) in [6, 6.07) is 2.94. The van der Waals surface area contributed by atoms with Gasteiger partial charge in [-0.3, -0.25) is 19.2 Å². The van der Waals surface area contributed by atoms with E-state index in [1.165, 1.54) is 12.8 Å². The Balaban J connectivity index is 1.20. The van der Waals surface area contributed by atoms with E-state index >= 15 is 0 Å². The third kappa shape index (κ3) is 3.47. The van der Waals surface area contributed by atoms with Gasteiger partial charge in [-0.25, -0.2) is 0 Å². The molecule has 4 aliphatic heterocycles. The molecule has 4 saturated heterocycles. The molecule has 158 valence electrons. The lowest BCUT2D eigenvalue weighted by molar-refractivity contribution is -0.145. The van der Waals surface area contributed by atoms with E-state index < -0.39 is 0 Å². The number of piperidine rings is 4. The largest absolute Gasteiger partial charge is 0.339 e. The molecule has 4 fully saturated rings. The second kappa shape index (κ2) is 7.42. The Bertz CT molecular complexity index is 797. The van der Waals surface area contributed by atoms with Crippen LogP contribution in [0.25, 0.3) is 0 Å². The molecule has 2 unspecified atom stereocenters. The maximum absolute atomic E-state index is 12.9. The molecule has 1 aromatic rings. The second-order valence-corrected chi connectivity index (χ2v) is 9.64. The predicted molar refractivity (Wildman–Crippen MR) is 109 cm³/mol. The molecule has 7 heteroatoms. The van der Waals surface area contributed by atoms with Gasteiger partial charge in [-0.2, -0.15) is 5.10 Å². The molecular formula is C22H33N5O2. The van der Waals surface area contributed by atoms with Crippen LogP contribution in [-0.4, -0.2) is 81.1 Å². The first-order valence-electron chi connectivity index (χ1n) is 11.3. The molecule has 0 aliphatic carbocycles. The van der Waals surface area contributed by atoms with Gasteiger partial charge in [0.2, 0.25) is 5.91 Å². The van der Waals surface area contributed by atoms with Gasteiger partial charge in [0.1, 0.15) is 5.69 Å². The smallest absolute Gasteiger partial charge is 0.272 e. The number of fused-ring (bicyclic) bond motifs is 4. The number of nitrogens with zero attached hydrogens (tertiary/aromatic N) is 5. The standard InChI is InChI=1S/C22H33N5O2/c1-15-10-20(24(2)23-15)22(29)25-8-6-18(7-9-25)26-12-16-11-17(14-26)19-4-3-5-21(28)27(19)13-16/h10,16-19H,3-9,11-14H2,1-2H3/t16?,17?,19-/m1/s1. The van der Waals surface area contributed by atoms with Crippen LogP contribution < -0.4 is 0 Å². The molecule has 0 aromatic carbocycles. The Labute approximate surface area is 173 Å². The molecular weight excluding hydrogens is 366 g/mol. The second-order valence-electron chi connectivity index (χ2n) is 9.64. The Kier molecular flexibility index (Phi) is 4.88. The van der Waals surface area contributed by atoms with Crippen molar-refractivity contribution in [3.8, 4) is 0 Å². The molecule has 0 saturated carbocycles. The lowest BCUT2D eigenvalue weighted by Crippen LogP contribution is -2.62. The zero-order valence-electron chi connectivity index (χ0n) is 17.7. The zero-order valence-corrected chi connectivity index (χ0v) is 17.7. The van der Waals surface area contributed by atoms with Crippen LogP contribution in [0, 0.1) is 18.8 Å². The first-order valence-corrected chi connectivity index (χ1v) is 11.3. The highest BCUT2D eigenvalue weighted by molar-refractivity contribution is 5.92. The van der Waals surface area contributed by atoms with Crippen molar-refractivity contribution in [2.45, 2.75) is 57.5 Å². The Morgan fingerprint density at radius 3 is 2.66 bits per heavy atom. The van der Waals surface area contributed by atoms with Crippen molar-refractivity contribution in [2.24, 2.45) is 18.9 Å². The monoisotopic (exact) mass is 399 g/mol. The molecule has 2 amide bonds. The first kappa shape index (κ1) is 19.1. The van der Waals surface area contributed by atoms with E-state index in [2.05, 4.69) is 14.9 Å². The number of amides is 2. The molecule has 2 bridgehead atoms. The summed E-state index contributed by atoms with van der Waals surface area (Å²) in [7, 11) is 1.85. The summed E-state index contributed by atoms with van der Waals surface area (Å²) in [4.78, 5) is 32.2. The van der Waals surface area contributed by atoms with Crippen molar-refractivity contribution in [1.29, 1.82) is 0 Å². The van der Waals surface area contributed by atoms with E-state index in [0.717, 1.165) is 64.1 Å². The third-order valence-electron chi connectivity index (χ3n) is 7.70. The van der Waals surface area contributed by atoms with Crippen molar-refractivity contribution in [3.63, 3.8) is 0 Å². The van der Waals surface area contributed by atoms with Crippen LogP contribution in [-0.2, 0) is 11.8 Å². The van der Waals surface area contributed by atoms with E-state index in [4.69, 9.17) is 0 Å². The summed E-state index contributed by atoms with van der Waals surface area (Å²) in [6.07, 6.45) is 6.40. The minimum atomic E-state index is 0.110. The van der Waals surface area contributed by atoms with Gasteiger partial charge in [-0.15, -0.1) is 0 Å². The predicted octanol–water partition coefficient (Wildman–Crippen LogP) is 1.67. The van der Waals surface area contributed by atoms with Crippen LogP contribution >= 0.6 is 0 Å². The fraction of sp³-hybridized carbons (Fsp3) is 0.773. The SMILES string of the molecule is Cc1cc(C(=O)N2CCC(N3CC4CC(C3)[C@H]3CCCC(=O)N3C4)CC2)n(C)n1. The van der Waals surface area contributed by atoms with Crippen LogP contribution in [0.2, 0.25) is 0 Å². The van der Waals surface area contributed by atoms with E-state index in [-0.39, 0.29) is 5.91 Å².